The van der Waals surface area contributed by atoms with Crippen molar-refractivity contribution in [2.24, 2.45) is 5.92 Å². The Balaban J connectivity index is 1.55. The predicted molar refractivity (Wildman–Crippen MR) is 68.7 cm³/mol. The monoisotopic (exact) mass is 233 g/mol. The van der Waals surface area contributed by atoms with Gasteiger partial charge in [0.15, 0.2) is 0 Å². The summed E-state index contributed by atoms with van der Waals surface area (Å²) < 4.78 is 2.37. The molecule has 1 aromatic rings. The number of hydrogen-bond acceptors (Lipinski definition) is 2. The van der Waals surface area contributed by atoms with E-state index in [0.29, 0.717) is 0 Å². The van der Waals surface area contributed by atoms with Crippen LogP contribution in [0.25, 0.3) is 0 Å². The summed E-state index contributed by atoms with van der Waals surface area (Å²) in [6.45, 7) is 2.13. The average Bonchev–Trinajstić information content (AvgIpc) is 3.09. The molecule has 0 unspecified atom stereocenters. The van der Waals surface area contributed by atoms with Gasteiger partial charge in [-0.05, 0) is 31.6 Å². The number of rotatable bonds is 5. The van der Waals surface area contributed by atoms with Crippen molar-refractivity contribution in [2.45, 2.75) is 64.1 Å². The maximum absolute atomic E-state index is 4.48. The van der Waals surface area contributed by atoms with E-state index in [-0.39, 0.29) is 0 Å². The molecule has 0 radical (unpaired) electrons. The smallest absolute Gasteiger partial charge is 0.122 e. The van der Waals surface area contributed by atoms with Crippen LogP contribution in [0.3, 0.4) is 0 Å². The van der Waals surface area contributed by atoms with Crippen LogP contribution >= 0.6 is 0 Å². The SMILES string of the molecule is c1cn(CC2CCCCC2)c(CNC2CC2)n1. The molecule has 0 bridgehead atoms. The van der Waals surface area contributed by atoms with Crippen LogP contribution in [0.1, 0.15) is 50.8 Å². The third-order valence-electron chi connectivity index (χ3n) is 4.11. The molecule has 1 heterocycles. The molecular weight excluding hydrogens is 210 g/mol. The maximum Gasteiger partial charge on any atom is 0.122 e. The second-order valence-corrected chi connectivity index (χ2v) is 5.66. The Morgan fingerprint density at radius 2 is 2.00 bits per heavy atom. The third kappa shape index (κ3) is 3.09. The summed E-state index contributed by atoms with van der Waals surface area (Å²) in [4.78, 5) is 4.48. The van der Waals surface area contributed by atoms with E-state index in [1.165, 1.54) is 57.3 Å². The lowest BCUT2D eigenvalue weighted by molar-refractivity contribution is 0.315. The Hall–Kier alpha value is -0.830. The van der Waals surface area contributed by atoms with Gasteiger partial charge in [0.05, 0.1) is 6.54 Å². The highest BCUT2D eigenvalue weighted by Gasteiger charge is 2.21. The van der Waals surface area contributed by atoms with Gasteiger partial charge in [-0.3, -0.25) is 0 Å². The average molecular weight is 233 g/mol. The van der Waals surface area contributed by atoms with E-state index < -0.39 is 0 Å². The number of nitrogens with one attached hydrogen (secondary N) is 1. The number of nitrogens with zero attached hydrogens (tertiary/aromatic N) is 2. The van der Waals surface area contributed by atoms with Crippen molar-refractivity contribution < 1.29 is 0 Å². The van der Waals surface area contributed by atoms with Gasteiger partial charge in [-0.15, -0.1) is 0 Å². The molecule has 2 aliphatic rings. The molecule has 0 atom stereocenters. The molecule has 0 aliphatic heterocycles. The van der Waals surface area contributed by atoms with E-state index in [1.807, 2.05) is 6.20 Å². The van der Waals surface area contributed by atoms with E-state index in [0.717, 1.165) is 18.5 Å². The fourth-order valence-electron chi connectivity index (χ4n) is 2.84. The van der Waals surface area contributed by atoms with Crippen LogP contribution in [0.2, 0.25) is 0 Å². The summed E-state index contributed by atoms with van der Waals surface area (Å²) in [7, 11) is 0. The van der Waals surface area contributed by atoms with Crippen molar-refractivity contribution >= 4 is 0 Å². The zero-order chi connectivity index (χ0) is 11.5. The van der Waals surface area contributed by atoms with Crippen LogP contribution in [0.5, 0.6) is 0 Å². The molecule has 94 valence electrons. The van der Waals surface area contributed by atoms with Gasteiger partial charge in [-0.2, -0.15) is 0 Å². The topological polar surface area (TPSA) is 29.9 Å². The first-order valence-corrected chi connectivity index (χ1v) is 7.15. The summed E-state index contributed by atoms with van der Waals surface area (Å²) in [5.41, 5.74) is 0. The molecule has 0 aromatic carbocycles. The van der Waals surface area contributed by atoms with Crippen LogP contribution in [-0.4, -0.2) is 15.6 Å². The van der Waals surface area contributed by atoms with Gasteiger partial charge in [0.1, 0.15) is 5.82 Å². The quantitative estimate of drug-likeness (QED) is 0.847. The Kier molecular flexibility index (Phi) is 3.46. The molecule has 3 nitrogen and oxygen atoms in total. The molecule has 1 N–H and O–H groups in total. The van der Waals surface area contributed by atoms with Crippen molar-refractivity contribution in [1.82, 2.24) is 14.9 Å². The van der Waals surface area contributed by atoms with Crippen molar-refractivity contribution in [2.75, 3.05) is 0 Å². The van der Waals surface area contributed by atoms with Gasteiger partial charge in [0.2, 0.25) is 0 Å². The molecule has 3 heteroatoms. The fraction of sp³-hybridized carbons (Fsp3) is 0.786. The molecule has 3 rings (SSSR count). The highest BCUT2D eigenvalue weighted by molar-refractivity contribution is 4.94. The summed E-state index contributed by atoms with van der Waals surface area (Å²) >= 11 is 0. The highest BCUT2D eigenvalue weighted by Crippen LogP contribution is 2.25. The minimum Gasteiger partial charge on any atom is -0.334 e. The largest absolute Gasteiger partial charge is 0.334 e. The van der Waals surface area contributed by atoms with Crippen LogP contribution < -0.4 is 5.32 Å². The van der Waals surface area contributed by atoms with Gasteiger partial charge in [0.25, 0.3) is 0 Å². The first-order valence-electron chi connectivity index (χ1n) is 7.15. The van der Waals surface area contributed by atoms with Crippen LogP contribution in [0, 0.1) is 5.92 Å². The Labute approximate surface area is 104 Å². The molecule has 2 aliphatic carbocycles. The van der Waals surface area contributed by atoms with Crippen molar-refractivity contribution in [3.05, 3.63) is 18.2 Å². The lowest BCUT2D eigenvalue weighted by Gasteiger charge is -2.22. The van der Waals surface area contributed by atoms with Gasteiger partial charge < -0.3 is 9.88 Å². The van der Waals surface area contributed by atoms with Crippen LogP contribution in [-0.2, 0) is 13.1 Å². The molecule has 0 saturated heterocycles. The van der Waals surface area contributed by atoms with E-state index in [9.17, 15) is 0 Å². The van der Waals surface area contributed by atoms with Crippen LogP contribution in [0.15, 0.2) is 12.4 Å². The Morgan fingerprint density at radius 3 is 2.76 bits per heavy atom. The minimum atomic E-state index is 0.773. The number of imidazole rings is 1. The summed E-state index contributed by atoms with van der Waals surface area (Å²) in [5, 5.41) is 3.55. The van der Waals surface area contributed by atoms with Crippen LogP contribution in [0.4, 0.5) is 0 Å². The third-order valence-corrected chi connectivity index (χ3v) is 4.11. The summed E-state index contributed by atoms with van der Waals surface area (Å²) in [5.74, 6) is 2.11. The van der Waals surface area contributed by atoms with E-state index in [4.69, 9.17) is 0 Å². The number of aromatic nitrogens is 2. The molecule has 2 saturated carbocycles. The standard InChI is InChI=1S/C14H23N3/c1-2-4-12(5-3-1)11-17-9-8-15-14(17)10-16-13-6-7-13/h8-9,12-13,16H,1-7,10-11H2. The molecule has 1 aromatic heterocycles. The minimum absolute atomic E-state index is 0.773. The number of hydrogen-bond donors (Lipinski definition) is 1. The molecule has 0 spiro atoms. The molecule has 17 heavy (non-hydrogen) atoms. The molecular formula is C14H23N3. The maximum atomic E-state index is 4.48. The van der Waals surface area contributed by atoms with Crippen molar-refractivity contribution in [3.63, 3.8) is 0 Å². The Bertz CT molecular complexity index is 348. The van der Waals surface area contributed by atoms with Gasteiger partial charge in [-0.1, -0.05) is 19.3 Å². The van der Waals surface area contributed by atoms with E-state index >= 15 is 0 Å². The van der Waals surface area contributed by atoms with Crippen molar-refractivity contribution in [3.8, 4) is 0 Å². The lowest BCUT2D eigenvalue weighted by atomic mass is 9.89. The first-order chi connectivity index (χ1) is 8.42. The lowest BCUT2D eigenvalue weighted by Crippen LogP contribution is -2.21. The Morgan fingerprint density at radius 1 is 1.18 bits per heavy atom. The summed E-state index contributed by atoms with van der Waals surface area (Å²) in [6, 6.07) is 0.773. The summed E-state index contributed by atoms with van der Waals surface area (Å²) in [6.07, 6.45) is 13.9. The van der Waals surface area contributed by atoms with Gasteiger partial charge in [-0.25, -0.2) is 4.98 Å². The normalized spacial score (nSPS) is 21.9. The zero-order valence-corrected chi connectivity index (χ0v) is 10.6. The van der Waals surface area contributed by atoms with Gasteiger partial charge in [0, 0.05) is 25.0 Å². The highest BCUT2D eigenvalue weighted by atomic mass is 15.1. The van der Waals surface area contributed by atoms with Crippen molar-refractivity contribution in [1.29, 1.82) is 0 Å². The zero-order valence-electron chi connectivity index (χ0n) is 10.6. The first kappa shape index (κ1) is 11.3. The molecule has 0 amide bonds. The second-order valence-electron chi connectivity index (χ2n) is 5.66. The second kappa shape index (κ2) is 5.21. The fourth-order valence-corrected chi connectivity index (χ4v) is 2.84. The van der Waals surface area contributed by atoms with E-state index in [2.05, 4.69) is 21.1 Å². The van der Waals surface area contributed by atoms with E-state index in [1.54, 1.807) is 0 Å². The van der Waals surface area contributed by atoms with Gasteiger partial charge >= 0.3 is 0 Å². The predicted octanol–water partition coefficient (Wildman–Crippen LogP) is 2.72. The molecule has 2 fully saturated rings.